The lowest BCUT2D eigenvalue weighted by Gasteiger charge is -2.33. The minimum Gasteiger partial charge on any atom is -0.504 e. The average molecular weight is 330 g/mol. The molecule has 0 unspecified atom stereocenters. The summed E-state index contributed by atoms with van der Waals surface area (Å²) in [6, 6.07) is 9.66. The zero-order valence-electron chi connectivity index (χ0n) is 12.8. The lowest BCUT2D eigenvalue weighted by molar-refractivity contribution is -0.0124. The third-order valence-electron chi connectivity index (χ3n) is 3.76. The van der Waals surface area contributed by atoms with Crippen LogP contribution in [0.2, 0.25) is 0 Å². The highest BCUT2D eigenvalue weighted by atomic mass is 16.6. The van der Waals surface area contributed by atoms with Gasteiger partial charge in [-0.25, -0.2) is 0 Å². The van der Waals surface area contributed by atoms with E-state index in [1.165, 1.54) is 12.1 Å². The van der Waals surface area contributed by atoms with Gasteiger partial charge in [-0.05, 0) is 29.8 Å². The van der Waals surface area contributed by atoms with Gasteiger partial charge in [0.05, 0.1) is 13.2 Å². The molecular weight excluding hydrogens is 312 g/mol. The van der Waals surface area contributed by atoms with Crippen molar-refractivity contribution in [2.75, 3.05) is 13.2 Å². The Kier molecular flexibility index (Phi) is 4.59. The van der Waals surface area contributed by atoms with E-state index in [-0.39, 0.29) is 24.7 Å². The number of ether oxygens (including phenoxy) is 2. The second kappa shape index (κ2) is 6.82. The highest BCUT2D eigenvalue weighted by molar-refractivity contribution is 5.56. The number of aliphatic hydroxyl groups excluding tert-OH is 2. The maximum Gasteiger partial charge on any atom is 0.163 e. The molecule has 1 aliphatic heterocycles. The molecule has 24 heavy (non-hydrogen) atoms. The van der Waals surface area contributed by atoms with Crippen LogP contribution in [0.15, 0.2) is 42.5 Å². The molecule has 126 valence electrons. The maximum atomic E-state index is 9.68. The molecule has 0 saturated carbocycles. The van der Waals surface area contributed by atoms with Crippen LogP contribution in [0.25, 0.3) is 6.08 Å². The van der Waals surface area contributed by atoms with Crippen molar-refractivity contribution in [1.82, 2.24) is 0 Å². The predicted octanol–water partition coefficient (Wildman–Crippen LogP) is 1.98. The van der Waals surface area contributed by atoms with Crippen molar-refractivity contribution in [2.24, 2.45) is 0 Å². The van der Waals surface area contributed by atoms with Crippen molar-refractivity contribution >= 4 is 6.08 Å². The summed E-state index contributed by atoms with van der Waals surface area (Å²) in [7, 11) is 0. The summed E-state index contributed by atoms with van der Waals surface area (Å²) >= 11 is 0. The monoisotopic (exact) mass is 330 g/mol. The molecule has 0 radical (unpaired) electrons. The Morgan fingerprint density at radius 2 is 1.75 bits per heavy atom. The Morgan fingerprint density at radius 1 is 0.917 bits per heavy atom. The molecule has 2 aromatic carbocycles. The van der Waals surface area contributed by atoms with E-state index in [1.807, 2.05) is 6.07 Å². The molecule has 1 aliphatic rings. The van der Waals surface area contributed by atoms with E-state index in [9.17, 15) is 15.3 Å². The Balaban J connectivity index is 1.94. The summed E-state index contributed by atoms with van der Waals surface area (Å²) in [5.74, 6) is 0.512. The van der Waals surface area contributed by atoms with Crippen molar-refractivity contribution < 1.29 is 29.9 Å². The van der Waals surface area contributed by atoms with Crippen LogP contribution in [0.4, 0.5) is 0 Å². The quantitative estimate of drug-likeness (QED) is 0.640. The second-order valence-electron chi connectivity index (χ2n) is 5.42. The normalized spacial score (nSPS) is 19.6. The highest BCUT2D eigenvalue weighted by Gasteiger charge is 2.33. The molecule has 0 aromatic heterocycles. The van der Waals surface area contributed by atoms with Crippen LogP contribution in [0.1, 0.15) is 17.2 Å². The summed E-state index contributed by atoms with van der Waals surface area (Å²) < 4.78 is 11.7. The van der Waals surface area contributed by atoms with E-state index in [1.54, 1.807) is 30.4 Å². The van der Waals surface area contributed by atoms with Crippen molar-refractivity contribution in [2.45, 2.75) is 12.2 Å². The first kappa shape index (κ1) is 16.2. The van der Waals surface area contributed by atoms with Crippen LogP contribution in [0.3, 0.4) is 0 Å². The first-order valence-electron chi connectivity index (χ1n) is 7.50. The molecule has 6 heteroatoms. The molecule has 0 aliphatic carbocycles. The van der Waals surface area contributed by atoms with E-state index in [2.05, 4.69) is 0 Å². The van der Waals surface area contributed by atoms with Crippen molar-refractivity contribution in [3.8, 4) is 23.0 Å². The van der Waals surface area contributed by atoms with Crippen LogP contribution < -0.4 is 9.47 Å². The lowest BCUT2D eigenvalue weighted by Crippen LogP contribution is -2.36. The number of hydrogen-bond donors (Lipinski definition) is 4. The summed E-state index contributed by atoms with van der Waals surface area (Å²) in [4.78, 5) is 0. The first-order chi connectivity index (χ1) is 11.6. The second-order valence-corrected chi connectivity index (χ2v) is 5.42. The van der Waals surface area contributed by atoms with E-state index >= 15 is 0 Å². The standard InChI is InChI=1S/C18H18O6/c19-7-1-2-11-3-6-15-16(8-11)24-18(17(10-20)23-15)12-4-5-13(21)14(22)9-12/h1-6,8-9,17-22H,7,10H2/b2-1+/t17-,18-/m0/s1. The molecule has 1 heterocycles. The van der Waals surface area contributed by atoms with Gasteiger partial charge in [0.25, 0.3) is 0 Å². The fourth-order valence-corrected chi connectivity index (χ4v) is 2.58. The summed E-state index contributed by atoms with van der Waals surface area (Å²) in [6.07, 6.45) is 2.09. The molecule has 4 N–H and O–H groups in total. The minimum absolute atomic E-state index is 0.0591. The van der Waals surface area contributed by atoms with Gasteiger partial charge in [0, 0.05) is 5.56 Å². The van der Waals surface area contributed by atoms with Gasteiger partial charge in [-0.3, -0.25) is 0 Å². The van der Waals surface area contributed by atoms with E-state index in [4.69, 9.17) is 14.6 Å². The molecule has 0 amide bonds. The minimum atomic E-state index is -0.639. The van der Waals surface area contributed by atoms with E-state index in [0.29, 0.717) is 17.1 Å². The van der Waals surface area contributed by atoms with Gasteiger partial charge in [0.1, 0.15) is 0 Å². The topological polar surface area (TPSA) is 99.4 Å². The molecular formula is C18H18O6. The lowest BCUT2D eigenvalue weighted by atomic mass is 10.0. The van der Waals surface area contributed by atoms with Gasteiger partial charge in [-0.15, -0.1) is 0 Å². The van der Waals surface area contributed by atoms with Crippen molar-refractivity contribution in [3.63, 3.8) is 0 Å². The number of phenols is 2. The molecule has 0 fully saturated rings. The number of aromatic hydroxyl groups is 2. The summed E-state index contributed by atoms with van der Waals surface area (Å²) in [5.41, 5.74) is 1.41. The van der Waals surface area contributed by atoms with Crippen LogP contribution in [-0.4, -0.2) is 39.7 Å². The average Bonchev–Trinajstić information content (AvgIpc) is 2.61. The van der Waals surface area contributed by atoms with Crippen LogP contribution in [0, 0.1) is 0 Å². The summed E-state index contributed by atoms with van der Waals surface area (Å²) in [5, 5.41) is 37.6. The fraction of sp³-hybridized carbons (Fsp3) is 0.222. The first-order valence-corrected chi connectivity index (χ1v) is 7.50. The van der Waals surface area contributed by atoms with Crippen LogP contribution in [0.5, 0.6) is 23.0 Å². The number of aliphatic hydroxyl groups is 2. The van der Waals surface area contributed by atoms with Gasteiger partial charge in [0.2, 0.25) is 0 Å². The molecule has 3 rings (SSSR count). The van der Waals surface area contributed by atoms with Gasteiger partial charge >= 0.3 is 0 Å². The van der Waals surface area contributed by atoms with Crippen molar-refractivity contribution in [1.29, 1.82) is 0 Å². The van der Waals surface area contributed by atoms with Gasteiger partial charge in [-0.1, -0.05) is 24.3 Å². The molecule has 2 aromatic rings. The largest absolute Gasteiger partial charge is 0.504 e. The molecule has 2 atom stereocenters. The number of hydrogen-bond acceptors (Lipinski definition) is 6. The Labute approximate surface area is 138 Å². The van der Waals surface area contributed by atoms with E-state index in [0.717, 1.165) is 5.56 Å². The van der Waals surface area contributed by atoms with Gasteiger partial charge < -0.3 is 29.9 Å². The molecule has 0 saturated heterocycles. The van der Waals surface area contributed by atoms with Crippen molar-refractivity contribution in [3.05, 3.63) is 53.6 Å². The molecule has 6 nitrogen and oxygen atoms in total. The third-order valence-corrected chi connectivity index (χ3v) is 3.76. The van der Waals surface area contributed by atoms with Crippen LogP contribution >= 0.6 is 0 Å². The Morgan fingerprint density at radius 3 is 2.46 bits per heavy atom. The van der Waals surface area contributed by atoms with Crippen LogP contribution in [-0.2, 0) is 0 Å². The Hall–Kier alpha value is -2.70. The molecule has 0 spiro atoms. The zero-order valence-corrected chi connectivity index (χ0v) is 12.8. The number of benzene rings is 2. The zero-order chi connectivity index (χ0) is 17.1. The number of rotatable bonds is 4. The maximum absolute atomic E-state index is 9.68. The fourth-order valence-electron chi connectivity index (χ4n) is 2.58. The van der Waals surface area contributed by atoms with Gasteiger partial charge in [0.15, 0.2) is 35.2 Å². The summed E-state index contributed by atoms with van der Waals surface area (Å²) in [6.45, 7) is -0.325. The smallest absolute Gasteiger partial charge is 0.163 e. The van der Waals surface area contributed by atoms with E-state index < -0.39 is 12.2 Å². The molecule has 0 bridgehead atoms. The predicted molar refractivity (Wildman–Crippen MR) is 87.2 cm³/mol. The number of phenolic OH excluding ortho intramolecular Hbond substituents is 2. The SMILES string of the molecule is OC/C=C/c1ccc2c(c1)O[C@@H](c1ccc(O)c(O)c1)[C@H](CO)O2. The van der Waals surface area contributed by atoms with Gasteiger partial charge in [-0.2, -0.15) is 0 Å². The Bertz CT molecular complexity index is 755. The highest BCUT2D eigenvalue weighted by Crippen LogP contribution is 2.41. The number of fused-ring (bicyclic) bond motifs is 1. The third kappa shape index (κ3) is 3.15.